The lowest BCUT2D eigenvalue weighted by Crippen LogP contribution is -2.48. The SMILES string of the molecule is COC(=O)[C@@H](Nc1nc(CN2CCN(C(=O)Cc3ccsc3)CC2)nc2ccccc12)C(C)C. The molecule has 3 aromatic rings. The Hall–Kier alpha value is -3.04. The predicted octanol–water partition coefficient (Wildman–Crippen LogP) is 3.19. The molecule has 1 N–H and O–H groups in total. The van der Waals surface area contributed by atoms with Crippen molar-refractivity contribution in [3.8, 4) is 0 Å². The van der Waals surface area contributed by atoms with Crippen molar-refractivity contribution in [3.63, 3.8) is 0 Å². The molecule has 0 radical (unpaired) electrons. The molecule has 1 fully saturated rings. The fourth-order valence-corrected chi connectivity index (χ4v) is 4.78. The number of para-hydroxylation sites is 1. The lowest BCUT2D eigenvalue weighted by Gasteiger charge is -2.34. The molecule has 8 nitrogen and oxygen atoms in total. The van der Waals surface area contributed by atoms with Crippen molar-refractivity contribution in [2.45, 2.75) is 32.9 Å². The van der Waals surface area contributed by atoms with Crippen molar-refractivity contribution in [1.29, 1.82) is 0 Å². The molecule has 1 atom stereocenters. The molecule has 1 aromatic carbocycles. The zero-order chi connectivity index (χ0) is 24.1. The number of anilines is 1. The van der Waals surface area contributed by atoms with Crippen LogP contribution in [0.2, 0.25) is 0 Å². The van der Waals surface area contributed by atoms with Crippen LogP contribution in [0, 0.1) is 5.92 Å². The summed E-state index contributed by atoms with van der Waals surface area (Å²) in [6.45, 7) is 7.45. The molecule has 0 saturated carbocycles. The van der Waals surface area contributed by atoms with Crippen molar-refractivity contribution in [3.05, 3.63) is 52.5 Å². The normalized spacial score (nSPS) is 15.5. The van der Waals surface area contributed by atoms with E-state index in [-0.39, 0.29) is 17.8 Å². The van der Waals surface area contributed by atoms with E-state index in [4.69, 9.17) is 14.7 Å². The number of hydrogen-bond acceptors (Lipinski definition) is 8. The summed E-state index contributed by atoms with van der Waals surface area (Å²) in [6, 6.07) is 9.29. The van der Waals surface area contributed by atoms with Gasteiger partial charge >= 0.3 is 5.97 Å². The fourth-order valence-electron chi connectivity index (χ4n) is 4.11. The van der Waals surface area contributed by atoms with Crippen molar-refractivity contribution in [1.82, 2.24) is 19.8 Å². The second-order valence-corrected chi connectivity index (χ2v) is 9.64. The van der Waals surface area contributed by atoms with Crippen LogP contribution < -0.4 is 5.32 Å². The molecule has 4 rings (SSSR count). The molecule has 180 valence electrons. The van der Waals surface area contributed by atoms with Gasteiger partial charge in [-0.25, -0.2) is 14.8 Å². The number of rotatable bonds is 8. The zero-order valence-electron chi connectivity index (χ0n) is 19.9. The van der Waals surface area contributed by atoms with Gasteiger partial charge in [0.1, 0.15) is 17.7 Å². The van der Waals surface area contributed by atoms with Crippen LogP contribution in [0.3, 0.4) is 0 Å². The lowest BCUT2D eigenvalue weighted by molar-refractivity contribution is -0.142. The number of nitrogens with one attached hydrogen (secondary N) is 1. The quantitative estimate of drug-likeness (QED) is 0.495. The van der Waals surface area contributed by atoms with E-state index in [1.54, 1.807) is 11.3 Å². The van der Waals surface area contributed by atoms with Gasteiger partial charge in [0.25, 0.3) is 0 Å². The average molecular weight is 482 g/mol. The van der Waals surface area contributed by atoms with Gasteiger partial charge in [0.15, 0.2) is 0 Å². The summed E-state index contributed by atoms with van der Waals surface area (Å²) in [7, 11) is 1.40. The van der Waals surface area contributed by atoms with Gasteiger partial charge in [-0.2, -0.15) is 11.3 Å². The van der Waals surface area contributed by atoms with Crippen LogP contribution in [-0.4, -0.2) is 71.0 Å². The summed E-state index contributed by atoms with van der Waals surface area (Å²) in [5.74, 6) is 1.21. The number of carbonyl (C=O) groups is 2. The zero-order valence-corrected chi connectivity index (χ0v) is 20.7. The minimum Gasteiger partial charge on any atom is -0.467 e. The van der Waals surface area contributed by atoms with Crippen LogP contribution in [-0.2, 0) is 27.3 Å². The Labute approximate surface area is 203 Å². The first-order valence-corrected chi connectivity index (χ1v) is 12.5. The highest BCUT2D eigenvalue weighted by Gasteiger charge is 2.25. The van der Waals surface area contributed by atoms with Crippen LogP contribution in [0.5, 0.6) is 0 Å². The largest absolute Gasteiger partial charge is 0.467 e. The van der Waals surface area contributed by atoms with E-state index in [0.717, 1.165) is 29.6 Å². The number of methoxy groups -OCH3 is 1. The molecule has 0 aliphatic carbocycles. The summed E-state index contributed by atoms with van der Waals surface area (Å²) in [4.78, 5) is 38.7. The van der Waals surface area contributed by atoms with Gasteiger partial charge in [0.05, 0.1) is 25.6 Å². The highest BCUT2D eigenvalue weighted by Crippen LogP contribution is 2.23. The van der Waals surface area contributed by atoms with Gasteiger partial charge in [-0.3, -0.25) is 9.69 Å². The maximum atomic E-state index is 12.6. The van der Waals surface area contributed by atoms with Gasteiger partial charge in [-0.05, 0) is 40.4 Å². The van der Waals surface area contributed by atoms with Crippen molar-refractivity contribution >= 4 is 39.9 Å². The molecule has 1 saturated heterocycles. The summed E-state index contributed by atoms with van der Waals surface area (Å²) in [5, 5.41) is 8.19. The first-order chi connectivity index (χ1) is 16.4. The van der Waals surface area contributed by atoms with E-state index in [9.17, 15) is 9.59 Å². The Morgan fingerprint density at radius 2 is 1.88 bits per heavy atom. The molecule has 1 amide bonds. The standard InChI is InChI=1S/C25H31N5O3S/c1-17(2)23(25(32)33-3)28-24-19-6-4-5-7-20(19)26-21(27-24)15-29-9-11-30(12-10-29)22(31)14-18-8-13-34-16-18/h4-8,13,16-17,23H,9-12,14-15H2,1-3H3,(H,26,27,28)/t23-/m0/s1. The van der Waals surface area contributed by atoms with E-state index in [1.165, 1.54) is 7.11 Å². The van der Waals surface area contributed by atoms with Crippen LogP contribution in [0.1, 0.15) is 25.2 Å². The number of amides is 1. The molecule has 9 heteroatoms. The number of fused-ring (bicyclic) bond motifs is 1. The predicted molar refractivity (Wildman–Crippen MR) is 134 cm³/mol. The molecule has 1 aliphatic rings. The second kappa shape index (κ2) is 10.9. The number of esters is 1. The summed E-state index contributed by atoms with van der Waals surface area (Å²) in [6.07, 6.45) is 0.462. The van der Waals surface area contributed by atoms with E-state index in [2.05, 4.69) is 10.2 Å². The van der Waals surface area contributed by atoms with Gasteiger partial charge in [0.2, 0.25) is 5.91 Å². The molecular formula is C25H31N5O3S. The minimum absolute atomic E-state index is 0.0318. The number of nitrogens with zero attached hydrogens (tertiary/aromatic N) is 4. The number of benzene rings is 1. The number of hydrogen-bond donors (Lipinski definition) is 1. The number of aromatic nitrogens is 2. The molecular weight excluding hydrogens is 450 g/mol. The van der Waals surface area contributed by atoms with Crippen LogP contribution in [0.4, 0.5) is 5.82 Å². The van der Waals surface area contributed by atoms with Crippen LogP contribution >= 0.6 is 11.3 Å². The number of thiophene rings is 1. The Bertz CT molecular complexity index is 1130. The van der Waals surface area contributed by atoms with Gasteiger partial charge in [-0.1, -0.05) is 26.0 Å². The second-order valence-electron chi connectivity index (χ2n) is 8.86. The Kier molecular flexibility index (Phi) is 7.74. The molecule has 0 bridgehead atoms. The maximum Gasteiger partial charge on any atom is 0.328 e. The lowest BCUT2D eigenvalue weighted by atomic mass is 10.0. The molecule has 0 spiro atoms. The Morgan fingerprint density at radius 1 is 1.12 bits per heavy atom. The third-order valence-electron chi connectivity index (χ3n) is 6.09. The maximum absolute atomic E-state index is 12.6. The van der Waals surface area contributed by atoms with E-state index in [1.807, 2.05) is 59.8 Å². The minimum atomic E-state index is -0.506. The number of ether oxygens (including phenoxy) is 1. The fraction of sp³-hybridized carbons (Fsp3) is 0.440. The third kappa shape index (κ3) is 5.71. The molecule has 3 heterocycles. The molecule has 34 heavy (non-hydrogen) atoms. The number of piperazine rings is 1. The average Bonchev–Trinajstić information content (AvgIpc) is 3.35. The van der Waals surface area contributed by atoms with Gasteiger partial charge in [-0.15, -0.1) is 0 Å². The third-order valence-corrected chi connectivity index (χ3v) is 6.82. The topological polar surface area (TPSA) is 87.7 Å². The van der Waals surface area contributed by atoms with Crippen molar-refractivity contribution in [2.24, 2.45) is 5.92 Å². The monoisotopic (exact) mass is 481 g/mol. The first kappa shape index (κ1) is 24.1. The molecule has 1 aliphatic heterocycles. The van der Waals surface area contributed by atoms with Gasteiger partial charge in [0, 0.05) is 31.6 Å². The smallest absolute Gasteiger partial charge is 0.328 e. The van der Waals surface area contributed by atoms with E-state index < -0.39 is 6.04 Å². The highest BCUT2D eigenvalue weighted by atomic mass is 32.1. The van der Waals surface area contributed by atoms with E-state index in [0.29, 0.717) is 37.7 Å². The van der Waals surface area contributed by atoms with Crippen LogP contribution in [0.15, 0.2) is 41.1 Å². The molecule has 2 aromatic heterocycles. The highest BCUT2D eigenvalue weighted by molar-refractivity contribution is 7.08. The summed E-state index contributed by atoms with van der Waals surface area (Å²) in [5.41, 5.74) is 1.90. The van der Waals surface area contributed by atoms with Gasteiger partial charge < -0.3 is 15.0 Å². The number of carbonyl (C=O) groups excluding carboxylic acids is 2. The van der Waals surface area contributed by atoms with Crippen molar-refractivity contribution in [2.75, 3.05) is 38.6 Å². The summed E-state index contributed by atoms with van der Waals surface area (Å²) >= 11 is 1.62. The van der Waals surface area contributed by atoms with Crippen molar-refractivity contribution < 1.29 is 14.3 Å². The molecule has 0 unspecified atom stereocenters. The first-order valence-electron chi connectivity index (χ1n) is 11.6. The Morgan fingerprint density at radius 3 is 2.56 bits per heavy atom. The Balaban J connectivity index is 1.45. The van der Waals surface area contributed by atoms with E-state index >= 15 is 0 Å². The summed E-state index contributed by atoms with van der Waals surface area (Å²) < 4.78 is 4.99. The van der Waals surface area contributed by atoms with Crippen LogP contribution in [0.25, 0.3) is 10.9 Å².